The van der Waals surface area contributed by atoms with Crippen molar-refractivity contribution in [3.63, 3.8) is 0 Å². The van der Waals surface area contributed by atoms with Gasteiger partial charge in [-0.1, -0.05) is 12.5 Å². The topological polar surface area (TPSA) is 33.4 Å². The van der Waals surface area contributed by atoms with Crippen molar-refractivity contribution in [2.75, 3.05) is 6.54 Å². The van der Waals surface area contributed by atoms with Gasteiger partial charge < -0.3 is 0 Å². The summed E-state index contributed by atoms with van der Waals surface area (Å²) in [6.07, 6.45) is 3.75. The summed E-state index contributed by atoms with van der Waals surface area (Å²) in [5.41, 5.74) is 2.10. The average molecular weight is 258 g/mol. The van der Waals surface area contributed by atoms with E-state index in [1.807, 2.05) is 16.6 Å². The molecule has 2 aromatic heterocycles. The molecule has 1 atom stereocenters. The van der Waals surface area contributed by atoms with E-state index in [2.05, 4.69) is 31.7 Å². The Morgan fingerprint density at radius 1 is 1.26 bits per heavy atom. The second-order valence-corrected chi connectivity index (χ2v) is 5.75. The molecule has 1 fully saturated rings. The lowest BCUT2D eigenvalue weighted by molar-refractivity contribution is 0.106. The van der Waals surface area contributed by atoms with Gasteiger partial charge in [-0.15, -0.1) is 5.10 Å². The molecule has 1 aliphatic rings. The smallest absolute Gasteiger partial charge is 0.168 e. The summed E-state index contributed by atoms with van der Waals surface area (Å²) in [5, 5.41) is 4.73. The van der Waals surface area contributed by atoms with E-state index in [0.717, 1.165) is 23.7 Å². The van der Waals surface area contributed by atoms with E-state index in [4.69, 9.17) is 10.1 Å². The summed E-state index contributed by atoms with van der Waals surface area (Å²) < 4.78 is 1.96. The Kier molecular flexibility index (Phi) is 3.27. The van der Waals surface area contributed by atoms with Crippen molar-refractivity contribution in [1.82, 2.24) is 19.5 Å². The van der Waals surface area contributed by atoms with Crippen molar-refractivity contribution in [1.29, 1.82) is 0 Å². The van der Waals surface area contributed by atoms with Crippen LogP contribution in [-0.2, 0) is 0 Å². The second-order valence-electron chi connectivity index (χ2n) is 5.75. The Morgan fingerprint density at radius 3 is 2.84 bits per heavy atom. The zero-order valence-corrected chi connectivity index (χ0v) is 12.0. The lowest BCUT2D eigenvalue weighted by Crippen LogP contribution is -2.39. The van der Waals surface area contributed by atoms with Crippen LogP contribution in [0.1, 0.15) is 50.7 Å². The van der Waals surface area contributed by atoms with Gasteiger partial charge in [0.1, 0.15) is 0 Å². The summed E-state index contributed by atoms with van der Waals surface area (Å²) in [5.74, 6) is 0.989. The summed E-state index contributed by atoms with van der Waals surface area (Å²) >= 11 is 0. The molecule has 0 bridgehead atoms. The summed E-state index contributed by atoms with van der Waals surface area (Å²) in [7, 11) is 0. The number of aromatic nitrogens is 3. The largest absolute Gasteiger partial charge is 0.291 e. The van der Waals surface area contributed by atoms with Crippen molar-refractivity contribution in [2.45, 2.75) is 52.1 Å². The minimum Gasteiger partial charge on any atom is -0.291 e. The van der Waals surface area contributed by atoms with Gasteiger partial charge in [-0.25, -0.2) is 9.50 Å². The molecule has 3 rings (SSSR count). The minimum absolute atomic E-state index is 0.382. The second kappa shape index (κ2) is 4.93. The van der Waals surface area contributed by atoms with E-state index < -0.39 is 0 Å². The molecular weight excluding hydrogens is 236 g/mol. The predicted molar refractivity (Wildman–Crippen MR) is 76.2 cm³/mol. The van der Waals surface area contributed by atoms with Crippen LogP contribution in [0.5, 0.6) is 0 Å². The SMILES string of the molecule is Cc1cccc2nc(C3CCCCN3C(C)C)nn12. The Morgan fingerprint density at radius 2 is 2.11 bits per heavy atom. The van der Waals surface area contributed by atoms with Crippen molar-refractivity contribution in [3.8, 4) is 0 Å². The van der Waals surface area contributed by atoms with Crippen LogP contribution in [0.2, 0.25) is 0 Å². The first kappa shape index (κ1) is 12.6. The van der Waals surface area contributed by atoms with Crippen LogP contribution < -0.4 is 0 Å². The third-order valence-corrected chi connectivity index (χ3v) is 4.07. The van der Waals surface area contributed by atoms with Gasteiger partial charge in [0.25, 0.3) is 0 Å². The molecule has 4 heteroatoms. The average Bonchev–Trinajstić information content (AvgIpc) is 2.84. The molecule has 19 heavy (non-hydrogen) atoms. The van der Waals surface area contributed by atoms with Crippen LogP contribution in [0.25, 0.3) is 5.65 Å². The van der Waals surface area contributed by atoms with Crippen LogP contribution in [0.15, 0.2) is 18.2 Å². The number of likely N-dealkylation sites (tertiary alicyclic amines) is 1. The molecular formula is C15H22N4. The molecule has 2 aromatic rings. The number of hydrogen-bond donors (Lipinski definition) is 0. The molecule has 0 saturated carbocycles. The first-order valence-electron chi connectivity index (χ1n) is 7.25. The number of pyridine rings is 1. The zero-order valence-electron chi connectivity index (χ0n) is 12.0. The van der Waals surface area contributed by atoms with Gasteiger partial charge in [0.05, 0.1) is 6.04 Å². The number of fused-ring (bicyclic) bond motifs is 1. The van der Waals surface area contributed by atoms with Gasteiger partial charge in [0.15, 0.2) is 11.5 Å². The molecule has 0 radical (unpaired) electrons. The maximum atomic E-state index is 4.74. The predicted octanol–water partition coefficient (Wildman–Crippen LogP) is 2.97. The fourth-order valence-corrected chi connectivity index (χ4v) is 3.04. The molecule has 3 heterocycles. The maximum Gasteiger partial charge on any atom is 0.168 e. The maximum absolute atomic E-state index is 4.74. The van der Waals surface area contributed by atoms with E-state index in [9.17, 15) is 0 Å². The molecule has 0 amide bonds. The van der Waals surface area contributed by atoms with Gasteiger partial charge >= 0.3 is 0 Å². The Labute approximate surface area is 114 Å². The summed E-state index contributed by atoms with van der Waals surface area (Å²) in [6.45, 7) is 7.77. The number of nitrogens with zero attached hydrogens (tertiary/aromatic N) is 4. The molecule has 4 nitrogen and oxygen atoms in total. The summed E-state index contributed by atoms with van der Waals surface area (Å²) in [6, 6.07) is 7.09. The highest BCUT2D eigenvalue weighted by molar-refractivity contribution is 5.39. The zero-order chi connectivity index (χ0) is 13.4. The fourth-order valence-electron chi connectivity index (χ4n) is 3.04. The van der Waals surface area contributed by atoms with Crippen molar-refractivity contribution in [2.24, 2.45) is 0 Å². The lowest BCUT2D eigenvalue weighted by Gasteiger charge is -2.36. The van der Waals surface area contributed by atoms with Gasteiger partial charge in [-0.2, -0.15) is 0 Å². The number of piperidine rings is 1. The highest BCUT2D eigenvalue weighted by atomic mass is 15.3. The van der Waals surface area contributed by atoms with Crippen LogP contribution in [0, 0.1) is 6.92 Å². The number of rotatable bonds is 2. The lowest BCUT2D eigenvalue weighted by atomic mass is 10.00. The van der Waals surface area contributed by atoms with Crippen molar-refractivity contribution >= 4 is 5.65 Å². The third-order valence-electron chi connectivity index (χ3n) is 4.07. The van der Waals surface area contributed by atoms with Crippen LogP contribution in [0.3, 0.4) is 0 Å². The molecule has 1 saturated heterocycles. The number of aryl methyl sites for hydroxylation is 1. The number of hydrogen-bond acceptors (Lipinski definition) is 3. The highest BCUT2D eigenvalue weighted by Crippen LogP contribution is 2.30. The highest BCUT2D eigenvalue weighted by Gasteiger charge is 2.29. The first-order chi connectivity index (χ1) is 9.16. The van der Waals surface area contributed by atoms with E-state index in [1.54, 1.807) is 0 Å². The molecule has 0 N–H and O–H groups in total. The van der Waals surface area contributed by atoms with Crippen LogP contribution in [-0.4, -0.2) is 32.1 Å². The Bertz CT molecular complexity index is 573. The molecule has 0 spiro atoms. The molecule has 102 valence electrons. The van der Waals surface area contributed by atoms with Crippen molar-refractivity contribution < 1.29 is 0 Å². The summed E-state index contributed by atoms with van der Waals surface area (Å²) in [4.78, 5) is 7.28. The van der Waals surface area contributed by atoms with Gasteiger partial charge in [0, 0.05) is 11.7 Å². The van der Waals surface area contributed by atoms with Gasteiger partial charge in [-0.3, -0.25) is 4.90 Å². The van der Waals surface area contributed by atoms with Crippen molar-refractivity contribution in [3.05, 3.63) is 29.7 Å². The first-order valence-corrected chi connectivity index (χ1v) is 7.25. The molecule has 1 unspecified atom stereocenters. The molecule has 1 aliphatic heterocycles. The third kappa shape index (κ3) is 2.25. The fraction of sp³-hybridized carbons (Fsp3) is 0.600. The van der Waals surface area contributed by atoms with E-state index >= 15 is 0 Å². The Balaban J connectivity index is 2.00. The van der Waals surface area contributed by atoms with Crippen LogP contribution >= 0.6 is 0 Å². The van der Waals surface area contributed by atoms with Gasteiger partial charge in [0.2, 0.25) is 0 Å². The quantitative estimate of drug-likeness (QED) is 0.830. The minimum atomic E-state index is 0.382. The van der Waals surface area contributed by atoms with E-state index in [1.165, 1.54) is 19.3 Å². The molecule has 0 aliphatic carbocycles. The normalized spacial score (nSPS) is 21.4. The standard InChI is InChI=1S/C15H22N4/c1-11(2)18-10-5-4-8-13(18)15-16-14-9-6-7-12(3)19(14)17-15/h6-7,9,11,13H,4-5,8,10H2,1-3H3. The monoisotopic (exact) mass is 258 g/mol. The van der Waals surface area contributed by atoms with E-state index in [-0.39, 0.29) is 0 Å². The van der Waals surface area contributed by atoms with E-state index in [0.29, 0.717) is 12.1 Å². The Hall–Kier alpha value is -1.42. The van der Waals surface area contributed by atoms with Gasteiger partial charge in [-0.05, 0) is 52.3 Å². The van der Waals surface area contributed by atoms with Crippen LogP contribution in [0.4, 0.5) is 0 Å². The molecule has 0 aromatic carbocycles.